The van der Waals surface area contributed by atoms with Gasteiger partial charge in [-0.15, -0.1) is 11.6 Å². The number of rotatable bonds is 9. The van der Waals surface area contributed by atoms with Crippen LogP contribution in [0.15, 0.2) is 24.5 Å². The third kappa shape index (κ3) is 5.71. The molecule has 0 amide bonds. The summed E-state index contributed by atoms with van der Waals surface area (Å²) in [5.74, 6) is 0.884. The molecule has 6 heteroatoms. The fourth-order valence-electron chi connectivity index (χ4n) is 3.89. The average Bonchev–Trinajstić information content (AvgIpc) is 3.04. The lowest BCUT2D eigenvalue weighted by Gasteiger charge is -2.22. The van der Waals surface area contributed by atoms with Crippen molar-refractivity contribution >= 4 is 28.6 Å². The van der Waals surface area contributed by atoms with E-state index in [9.17, 15) is 5.11 Å². The molecule has 3 rings (SSSR count). The molecular formula is C22H33ClN4O. The van der Waals surface area contributed by atoms with Crippen molar-refractivity contribution in [2.45, 2.75) is 89.2 Å². The summed E-state index contributed by atoms with van der Waals surface area (Å²) in [6.07, 6.45) is 14.1. The predicted octanol–water partition coefficient (Wildman–Crippen LogP) is 5.43. The number of alkyl halides is 1. The summed E-state index contributed by atoms with van der Waals surface area (Å²) in [7, 11) is 0. The molecule has 0 saturated heterocycles. The SMILES string of the molecule is CCC[C@@H](CCCC(C)(C)O)Nc1ccn2ncc(C3=CCCC(Cl)C3)c2n1. The Morgan fingerprint density at radius 3 is 2.93 bits per heavy atom. The summed E-state index contributed by atoms with van der Waals surface area (Å²) in [5.41, 5.74) is 2.62. The number of hydrogen-bond donors (Lipinski definition) is 2. The zero-order valence-corrected chi connectivity index (χ0v) is 18.0. The molecule has 1 aliphatic carbocycles. The topological polar surface area (TPSA) is 62.5 Å². The third-order valence-electron chi connectivity index (χ3n) is 5.36. The highest BCUT2D eigenvalue weighted by molar-refractivity contribution is 6.21. The van der Waals surface area contributed by atoms with E-state index in [0.29, 0.717) is 6.04 Å². The average molecular weight is 405 g/mol. The molecule has 154 valence electrons. The highest BCUT2D eigenvalue weighted by Crippen LogP contribution is 2.32. The molecule has 5 nitrogen and oxygen atoms in total. The van der Waals surface area contributed by atoms with Crippen LogP contribution in [0.3, 0.4) is 0 Å². The minimum absolute atomic E-state index is 0.195. The molecule has 2 atom stereocenters. The van der Waals surface area contributed by atoms with Crippen LogP contribution in [0.25, 0.3) is 11.2 Å². The maximum atomic E-state index is 9.96. The summed E-state index contributed by atoms with van der Waals surface area (Å²) in [6, 6.07) is 2.34. The van der Waals surface area contributed by atoms with Gasteiger partial charge in [0.2, 0.25) is 0 Å². The molecule has 2 heterocycles. The van der Waals surface area contributed by atoms with E-state index in [1.54, 1.807) is 0 Å². The molecular weight excluding hydrogens is 372 g/mol. The lowest BCUT2D eigenvalue weighted by atomic mass is 9.95. The molecule has 28 heavy (non-hydrogen) atoms. The molecule has 0 saturated carbocycles. The number of aliphatic hydroxyl groups is 1. The lowest BCUT2D eigenvalue weighted by molar-refractivity contribution is 0.0678. The van der Waals surface area contributed by atoms with Gasteiger partial charge in [-0.3, -0.25) is 0 Å². The van der Waals surface area contributed by atoms with Gasteiger partial charge in [0.05, 0.1) is 11.8 Å². The quantitative estimate of drug-likeness (QED) is 0.547. The van der Waals surface area contributed by atoms with Crippen LogP contribution >= 0.6 is 11.6 Å². The van der Waals surface area contributed by atoms with Gasteiger partial charge in [-0.05, 0) is 70.4 Å². The molecule has 0 spiro atoms. The van der Waals surface area contributed by atoms with E-state index < -0.39 is 5.60 Å². The number of allylic oxidation sites excluding steroid dienone is 2. The number of aromatic nitrogens is 3. The fourth-order valence-corrected chi connectivity index (χ4v) is 4.18. The van der Waals surface area contributed by atoms with Gasteiger partial charge in [-0.1, -0.05) is 19.4 Å². The van der Waals surface area contributed by atoms with Crippen molar-refractivity contribution in [3.63, 3.8) is 0 Å². The van der Waals surface area contributed by atoms with Gasteiger partial charge in [0, 0.05) is 23.2 Å². The Kier molecular flexibility index (Phi) is 7.00. The van der Waals surface area contributed by atoms with Crippen molar-refractivity contribution in [2.24, 2.45) is 0 Å². The first-order valence-corrected chi connectivity index (χ1v) is 11.0. The highest BCUT2D eigenvalue weighted by atomic mass is 35.5. The number of hydrogen-bond acceptors (Lipinski definition) is 4. The second-order valence-electron chi connectivity index (χ2n) is 8.58. The summed E-state index contributed by atoms with van der Waals surface area (Å²) >= 11 is 6.38. The van der Waals surface area contributed by atoms with Crippen LogP contribution in [-0.4, -0.2) is 36.7 Å². The Morgan fingerprint density at radius 2 is 2.21 bits per heavy atom. The van der Waals surface area contributed by atoms with Crippen molar-refractivity contribution in [3.8, 4) is 0 Å². The minimum atomic E-state index is -0.603. The molecule has 1 unspecified atom stereocenters. The molecule has 2 N–H and O–H groups in total. The Balaban J connectivity index is 1.74. The van der Waals surface area contributed by atoms with Crippen molar-refractivity contribution in [1.29, 1.82) is 0 Å². The molecule has 0 bridgehead atoms. The van der Waals surface area contributed by atoms with Crippen molar-refractivity contribution in [1.82, 2.24) is 14.6 Å². The van der Waals surface area contributed by atoms with E-state index in [2.05, 4.69) is 23.4 Å². The summed E-state index contributed by atoms with van der Waals surface area (Å²) in [4.78, 5) is 4.87. The van der Waals surface area contributed by atoms with Gasteiger partial charge >= 0.3 is 0 Å². The first-order valence-electron chi connectivity index (χ1n) is 10.5. The molecule has 1 aliphatic rings. The molecule has 0 aromatic carbocycles. The van der Waals surface area contributed by atoms with E-state index in [0.717, 1.165) is 68.4 Å². The van der Waals surface area contributed by atoms with Gasteiger partial charge in [0.15, 0.2) is 5.65 Å². The number of nitrogens with zero attached hydrogens (tertiary/aromatic N) is 3. The molecule has 0 radical (unpaired) electrons. The van der Waals surface area contributed by atoms with Gasteiger partial charge < -0.3 is 10.4 Å². The van der Waals surface area contributed by atoms with Crippen molar-refractivity contribution in [3.05, 3.63) is 30.1 Å². The Hall–Kier alpha value is -1.59. The first kappa shape index (κ1) is 21.1. The van der Waals surface area contributed by atoms with Crippen molar-refractivity contribution in [2.75, 3.05) is 5.32 Å². The zero-order chi connectivity index (χ0) is 20.1. The van der Waals surface area contributed by atoms with Crippen LogP contribution < -0.4 is 5.32 Å². The van der Waals surface area contributed by atoms with E-state index in [4.69, 9.17) is 16.6 Å². The Labute approximate surface area is 173 Å². The number of fused-ring (bicyclic) bond motifs is 1. The summed E-state index contributed by atoms with van der Waals surface area (Å²) in [6.45, 7) is 5.95. The highest BCUT2D eigenvalue weighted by Gasteiger charge is 2.19. The normalized spacial score (nSPS) is 18.9. The molecule has 0 fully saturated rings. The van der Waals surface area contributed by atoms with Gasteiger partial charge in [0.25, 0.3) is 0 Å². The standard InChI is InChI=1S/C22H33ClN4O/c1-4-7-18(10-6-12-22(2,3)28)25-20-11-13-27-21(26-20)19(15-24-27)16-8-5-9-17(23)14-16/h8,11,13,15,17-18,28H,4-7,9-10,12,14H2,1-3H3,(H,25,26)/t17?,18-/m0/s1. The number of anilines is 1. The van der Waals surface area contributed by atoms with Crippen LogP contribution in [0.2, 0.25) is 0 Å². The van der Waals surface area contributed by atoms with E-state index >= 15 is 0 Å². The predicted molar refractivity (Wildman–Crippen MR) is 117 cm³/mol. The second kappa shape index (κ2) is 9.27. The van der Waals surface area contributed by atoms with E-state index in [1.807, 2.05) is 36.8 Å². The summed E-state index contributed by atoms with van der Waals surface area (Å²) in [5, 5.41) is 18.2. The smallest absolute Gasteiger partial charge is 0.164 e. The molecule has 0 aliphatic heterocycles. The Morgan fingerprint density at radius 1 is 1.39 bits per heavy atom. The molecule has 2 aromatic heterocycles. The van der Waals surface area contributed by atoms with Crippen LogP contribution in [0.4, 0.5) is 5.82 Å². The fraction of sp³-hybridized carbons (Fsp3) is 0.636. The van der Waals surface area contributed by atoms with E-state index in [-0.39, 0.29) is 5.38 Å². The third-order valence-corrected chi connectivity index (χ3v) is 5.73. The number of halogens is 1. The maximum absolute atomic E-state index is 9.96. The minimum Gasteiger partial charge on any atom is -0.390 e. The van der Waals surface area contributed by atoms with Gasteiger partial charge in [-0.25, -0.2) is 9.50 Å². The maximum Gasteiger partial charge on any atom is 0.164 e. The molecule has 2 aromatic rings. The van der Waals surface area contributed by atoms with Crippen LogP contribution in [0, 0.1) is 0 Å². The summed E-state index contributed by atoms with van der Waals surface area (Å²) < 4.78 is 1.84. The van der Waals surface area contributed by atoms with Gasteiger partial charge in [0.1, 0.15) is 5.82 Å². The second-order valence-corrected chi connectivity index (χ2v) is 9.20. The monoisotopic (exact) mass is 404 g/mol. The van der Waals surface area contributed by atoms with Crippen LogP contribution in [0.1, 0.15) is 77.7 Å². The van der Waals surface area contributed by atoms with Gasteiger partial charge in [-0.2, -0.15) is 5.10 Å². The van der Waals surface area contributed by atoms with Crippen molar-refractivity contribution < 1.29 is 5.11 Å². The first-order chi connectivity index (χ1) is 13.4. The van der Waals surface area contributed by atoms with E-state index in [1.165, 1.54) is 5.57 Å². The number of nitrogens with one attached hydrogen (secondary N) is 1. The van der Waals surface area contributed by atoms with Crippen LogP contribution in [-0.2, 0) is 0 Å². The Bertz CT molecular complexity index is 808. The van der Waals surface area contributed by atoms with Crippen LogP contribution in [0.5, 0.6) is 0 Å². The lowest BCUT2D eigenvalue weighted by Crippen LogP contribution is -2.23. The largest absolute Gasteiger partial charge is 0.390 e. The zero-order valence-electron chi connectivity index (χ0n) is 17.3.